The number of nitrogens with one attached hydrogen (secondary N) is 3. The van der Waals surface area contributed by atoms with E-state index in [1.165, 1.54) is 17.0 Å². The number of rotatable bonds is 24. The van der Waals surface area contributed by atoms with Crippen LogP contribution >= 0.6 is 0 Å². The van der Waals surface area contributed by atoms with Gasteiger partial charge in [0.15, 0.2) is 0 Å². The Hall–Kier alpha value is -6.72. The van der Waals surface area contributed by atoms with Gasteiger partial charge in [-0.25, -0.2) is 9.37 Å². The second-order valence-electron chi connectivity index (χ2n) is 20.4. The third kappa shape index (κ3) is 14.6. The third-order valence-electron chi connectivity index (χ3n) is 13.8. The number of ether oxygens (including phenoxy) is 5. The fourth-order valence-electron chi connectivity index (χ4n) is 9.55. The van der Waals surface area contributed by atoms with Gasteiger partial charge in [0.25, 0.3) is 5.91 Å². The molecule has 0 spiro atoms. The van der Waals surface area contributed by atoms with E-state index in [9.17, 15) is 28.4 Å². The van der Waals surface area contributed by atoms with Crippen molar-refractivity contribution in [3.63, 3.8) is 0 Å². The Kier molecular flexibility index (Phi) is 19.8. The second kappa shape index (κ2) is 26.4. The lowest BCUT2D eigenvalue weighted by Gasteiger charge is -2.40. The van der Waals surface area contributed by atoms with Gasteiger partial charge < -0.3 is 65.8 Å². The van der Waals surface area contributed by atoms with Crippen LogP contribution < -0.4 is 37.1 Å². The number of halogens is 1. The van der Waals surface area contributed by atoms with Crippen molar-refractivity contribution in [3.8, 4) is 16.9 Å². The number of aromatic nitrogens is 3. The summed E-state index contributed by atoms with van der Waals surface area (Å²) in [6.07, 6.45) is 5.59. The summed E-state index contributed by atoms with van der Waals surface area (Å²) in [5, 5.41) is 13.5. The van der Waals surface area contributed by atoms with Crippen LogP contribution in [0.15, 0.2) is 54.9 Å². The largest absolute Gasteiger partial charge is 0.491 e. The van der Waals surface area contributed by atoms with Gasteiger partial charge in [0.05, 0.1) is 89.4 Å². The molecule has 0 aliphatic carbocycles. The summed E-state index contributed by atoms with van der Waals surface area (Å²) in [6.45, 7) is 11.9. The highest BCUT2D eigenvalue weighted by molar-refractivity contribution is 5.96. The number of hydrogen-bond acceptors (Lipinski definition) is 15. The maximum absolute atomic E-state index is 14.6. The third-order valence-corrected chi connectivity index (χ3v) is 13.8. The van der Waals surface area contributed by atoms with Gasteiger partial charge in [-0.1, -0.05) is 26.8 Å². The molecule has 1 fully saturated rings. The zero-order chi connectivity index (χ0) is 54.5. The van der Waals surface area contributed by atoms with Crippen molar-refractivity contribution < 1.29 is 52.0 Å². The van der Waals surface area contributed by atoms with E-state index in [0.717, 1.165) is 40.8 Å². The number of likely N-dealkylation sites (N-methyl/N-ethyl adjacent to an activating group) is 1. The van der Waals surface area contributed by atoms with E-state index < -0.39 is 35.3 Å². The van der Waals surface area contributed by atoms with Gasteiger partial charge in [-0.05, 0) is 85.3 Å². The molecule has 7 N–H and O–H groups in total. The summed E-state index contributed by atoms with van der Waals surface area (Å²) in [5.74, 6) is -1.19. The van der Waals surface area contributed by atoms with Gasteiger partial charge >= 0.3 is 0 Å². The summed E-state index contributed by atoms with van der Waals surface area (Å²) < 4.78 is 44.8. The molecule has 22 heteroatoms. The normalized spacial score (nSPS) is 17.1. The molecule has 0 radical (unpaired) electrons. The number of anilines is 2. The molecule has 2 aromatic carbocycles. The van der Waals surface area contributed by atoms with Gasteiger partial charge in [0.2, 0.25) is 23.6 Å². The molecule has 1 saturated heterocycles. The molecule has 5 amide bonds. The lowest BCUT2D eigenvalue weighted by atomic mass is 9.84. The van der Waals surface area contributed by atoms with Gasteiger partial charge in [0.1, 0.15) is 36.1 Å². The van der Waals surface area contributed by atoms with E-state index >= 15 is 0 Å². The van der Waals surface area contributed by atoms with Crippen LogP contribution in [0.5, 0.6) is 5.75 Å². The van der Waals surface area contributed by atoms with Gasteiger partial charge in [-0.2, -0.15) is 5.10 Å². The number of nitrogens with two attached hydrogens (primary N) is 2. The predicted octanol–water partition coefficient (Wildman–Crippen LogP) is 3.12. The molecular weight excluding hydrogens is 982 g/mol. The Morgan fingerprint density at radius 3 is 2.28 bits per heavy atom. The lowest BCUT2D eigenvalue weighted by molar-refractivity contribution is -0.146. The van der Waals surface area contributed by atoms with Crippen molar-refractivity contribution >= 4 is 41.0 Å². The molecular formula is C54H74FN11O10. The van der Waals surface area contributed by atoms with Crippen LogP contribution in [0.25, 0.3) is 11.1 Å². The van der Waals surface area contributed by atoms with Crippen LogP contribution in [-0.2, 0) is 64.2 Å². The van der Waals surface area contributed by atoms with E-state index in [2.05, 4.69) is 25.8 Å². The maximum Gasteiger partial charge on any atom is 0.254 e. The van der Waals surface area contributed by atoms with Crippen molar-refractivity contribution in [1.29, 1.82) is 0 Å². The van der Waals surface area contributed by atoms with E-state index in [1.54, 1.807) is 42.9 Å². The standard InChI is InChI=1S/C54H74FN11O10/c1-34(58-5)51(69)61-48(54(2,3)4)53(71)66-31-37-26-39(11-9-35(37)27-46(66)50(57)68)76-25-24-75-23-22-74-21-20-73-19-18-72-17-13-47(67)59-14-16-64-32-42-36-28-45(49(56)60-30-36)65-15-7-8-44(65)41-29-38(55)10-12-40(41)52(70)63(6)33-43(42)62-64/h9-12,26,28-30,32,34,44,46,48,58H,7-8,13-25,27,31,33H2,1-6H3,(H2,56,60)(H2,57,68)(H,59,67)(H,61,69)/t34-,44+,46-,48+/m0/s1. The number of carbonyl (C=O) groups is 5. The molecule has 3 aliphatic heterocycles. The molecule has 2 aromatic heterocycles. The first kappa shape index (κ1) is 57.0. The quantitative estimate of drug-likeness (QED) is 0.0632. The van der Waals surface area contributed by atoms with Crippen LogP contribution in [0.3, 0.4) is 0 Å². The minimum absolute atomic E-state index is 0.133. The zero-order valence-corrected chi connectivity index (χ0v) is 44.5. The van der Waals surface area contributed by atoms with Crippen LogP contribution in [0.2, 0.25) is 0 Å². The molecule has 21 nitrogen and oxygen atoms in total. The molecule has 2 bridgehead atoms. The molecule has 5 heterocycles. The van der Waals surface area contributed by atoms with Crippen molar-refractivity contribution in [2.24, 2.45) is 11.1 Å². The molecule has 0 saturated carbocycles. The number of nitrogen functional groups attached to an aromatic ring is 1. The smallest absolute Gasteiger partial charge is 0.254 e. The van der Waals surface area contributed by atoms with E-state index in [-0.39, 0.29) is 68.8 Å². The average Bonchev–Trinajstić information content (AvgIpc) is 4.05. The molecule has 0 unspecified atom stereocenters. The Morgan fingerprint density at radius 1 is 0.895 bits per heavy atom. The fraction of sp³-hybridized carbons (Fsp3) is 0.537. The Labute approximate surface area is 443 Å². The highest BCUT2D eigenvalue weighted by Gasteiger charge is 2.42. The minimum Gasteiger partial charge on any atom is -0.491 e. The summed E-state index contributed by atoms with van der Waals surface area (Å²) in [6, 6.07) is 9.34. The van der Waals surface area contributed by atoms with Gasteiger partial charge in [-0.15, -0.1) is 0 Å². The van der Waals surface area contributed by atoms with Crippen molar-refractivity contribution in [3.05, 3.63) is 88.6 Å². The van der Waals surface area contributed by atoms with Crippen molar-refractivity contribution in [2.45, 2.75) is 97.2 Å². The summed E-state index contributed by atoms with van der Waals surface area (Å²) >= 11 is 0. The predicted molar refractivity (Wildman–Crippen MR) is 281 cm³/mol. The molecule has 412 valence electrons. The maximum atomic E-state index is 14.6. The van der Waals surface area contributed by atoms with Crippen LogP contribution in [0, 0.1) is 11.2 Å². The first-order valence-corrected chi connectivity index (χ1v) is 26.0. The molecule has 76 heavy (non-hydrogen) atoms. The molecule has 4 aromatic rings. The first-order chi connectivity index (χ1) is 36.4. The highest BCUT2D eigenvalue weighted by atomic mass is 19.1. The Morgan fingerprint density at radius 2 is 1.59 bits per heavy atom. The number of nitrogens with zero attached hydrogens (tertiary/aromatic N) is 6. The number of benzene rings is 2. The SMILES string of the molecule is CN[C@@H](C)C(=O)N[C@H](C(=O)N1Cc2cc(OCCOCCOCCOCCOCCC(=O)NCCn3cc4c(n3)CN(C)C(=O)c3ccc(F)cc3[C@H]3CCCN3c3cc-4cnc3N)ccc2C[C@H]1C(N)=O)C(C)(C)C. The molecule has 3 aliphatic rings. The van der Waals surface area contributed by atoms with Crippen molar-refractivity contribution in [2.75, 3.05) is 97.3 Å². The van der Waals surface area contributed by atoms with Crippen molar-refractivity contribution in [1.82, 2.24) is 40.5 Å². The molecule has 4 atom stereocenters. The van der Waals surface area contributed by atoms with E-state index in [4.69, 9.17) is 40.3 Å². The van der Waals surface area contributed by atoms with E-state index in [1.807, 2.05) is 51.2 Å². The summed E-state index contributed by atoms with van der Waals surface area (Å²) in [4.78, 5) is 75.6. The van der Waals surface area contributed by atoms with Gasteiger partial charge in [-0.3, -0.25) is 28.7 Å². The topological polar surface area (TPSA) is 260 Å². The average molecular weight is 1060 g/mol. The second-order valence-corrected chi connectivity index (χ2v) is 20.4. The highest BCUT2D eigenvalue weighted by Crippen LogP contribution is 2.42. The summed E-state index contributed by atoms with van der Waals surface area (Å²) in [5.41, 5.74) is 17.3. The molecule has 7 rings (SSSR count). The number of primary amides is 1. The van der Waals surface area contributed by atoms with Crippen LogP contribution in [-0.4, -0.2) is 159 Å². The van der Waals surface area contributed by atoms with Crippen LogP contribution in [0.1, 0.15) is 85.7 Å². The number of fused-ring (bicyclic) bond motifs is 9. The monoisotopic (exact) mass is 1060 g/mol. The number of pyridine rings is 1. The Bertz CT molecular complexity index is 2680. The fourth-order valence-corrected chi connectivity index (χ4v) is 9.55. The number of hydrogen-bond donors (Lipinski definition) is 5. The van der Waals surface area contributed by atoms with Gasteiger partial charge in [0, 0.05) is 68.6 Å². The lowest BCUT2D eigenvalue weighted by Crippen LogP contribution is -2.61. The number of carbonyl (C=O) groups excluding carboxylic acids is 5. The minimum atomic E-state index is -0.888. The van der Waals surface area contributed by atoms with E-state index in [0.29, 0.717) is 94.3 Å². The number of amides is 5. The summed E-state index contributed by atoms with van der Waals surface area (Å²) in [7, 11) is 3.37. The Balaban J connectivity index is 0.749. The first-order valence-electron chi connectivity index (χ1n) is 26.0. The zero-order valence-electron chi connectivity index (χ0n) is 44.5. The van der Waals surface area contributed by atoms with Crippen LogP contribution in [0.4, 0.5) is 15.9 Å².